The van der Waals surface area contributed by atoms with Crippen LogP contribution >= 0.6 is 0 Å². The Morgan fingerprint density at radius 3 is 2.08 bits per heavy atom. The fraction of sp³-hybridized carbons (Fsp3) is 0.623. The van der Waals surface area contributed by atoms with Gasteiger partial charge in [-0.15, -0.1) is 0 Å². The number of aliphatic hydroxyl groups is 3. The average molecular weight is 1190 g/mol. The van der Waals surface area contributed by atoms with Gasteiger partial charge in [0.25, 0.3) is 11.7 Å². The molecule has 1 amide bonds. The van der Waals surface area contributed by atoms with Gasteiger partial charge >= 0.3 is 11.9 Å². The van der Waals surface area contributed by atoms with Gasteiger partial charge in [0.2, 0.25) is 11.6 Å². The molecular weight excluding hydrogens is 1100 g/mol. The summed E-state index contributed by atoms with van der Waals surface area (Å²) in [7, 11) is 3.14. The number of benzene rings is 2. The van der Waals surface area contributed by atoms with E-state index in [9.17, 15) is 44.1 Å². The Morgan fingerprint density at radius 2 is 1.45 bits per heavy atom. The molecule has 17 nitrogen and oxygen atoms in total. The number of amides is 1. The van der Waals surface area contributed by atoms with Crippen molar-refractivity contribution in [3.63, 3.8) is 0 Å². The predicted molar refractivity (Wildman–Crippen MR) is 322 cm³/mol. The Morgan fingerprint density at radius 1 is 0.791 bits per heavy atom. The molecule has 15 atom stereocenters. The maximum Gasteiger partial charge on any atom is 0.329 e. The number of esters is 2. The first-order valence-corrected chi connectivity index (χ1v) is 31.2. The minimum Gasteiger partial charge on any atom is -0.460 e. The molecule has 0 spiro atoms. The van der Waals surface area contributed by atoms with Gasteiger partial charge in [-0.2, -0.15) is 0 Å². The van der Waals surface area contributed by atoms with Crippen molar-refractivity contribution in [3.8, 4) is 0 Å². The number of methoxy groups -OCH3 is 2. The molecule has 3 saturated heterocycles. The first-order valence-electron chi connectivity index (χ1n) is 31.2. The Hall–Kier alpha value is -5.50. The molecule has 1 saturated carbocycles. The Balaban J connectivity index is 1.11. The van der Waals surface area contributed by atoms with Gasteiger partial charge in [-0.3, -0.25) is 24.0 Å². The fourth-order valence-corrected chi connectivity index (χ4v) is 13.2. The van der Waals surface area contributed by atoms with Gasteiger partial charge in [-0.25, -0.2) is 4.79 Å². The van der Waals surface area contributed by atoms with E-state index in [0.717, 1.165) is 16.7 Å². The molecule has 0 aromatic heterocycles. The van der Waals surface area contributed by atoms with E-state index < -0.39 is 119 Å². The molecule has 472 valence electrons. The smallest absolute Gasteiger partial charge is 0.329 e. The maximum atomic E-state index is 14.8. The summed E-state index contributed by atoms with van der Waals surface area (Å²) in [6.45, 7) is 13.8. The summed E-state index contributed by atoms with van der Waals surface area (Å²) in [4.78, 5) is 87.5. The first-order chi connectivity index (χ1) is 41.0. The van der Waals surface area contributed by atoms with Crippen LogP contribution in [0.5, 0.6) is 0 Å². The summed E-state index contributed by atoms with van der Waals surface area (Å²) in [5.41, 5.74) is 1.63. The molecule has 17 heteroatoms. The third kappa shape index (κ3) is 16.2. The number of cyclic esters (lactones) is 1. The van der Waals surface area contributed by atoms with E-state index in [-0.39, 0.29) is 62.4 Å². The zero-order chi connectivity index (χ0) is 62.5. The lowest BCUT2D eigenvalue weighted by Gasteiger charge is -2.45. The molecule has 7 rings (SSSR count). The standard InChI is InChI=1S/C69H95NO16/c1-43-22-14-11-15-23-44(2)58(80-9)38-53-31-29-49(7)68(79,86-53)63(75)64(76)70-33-21-20-28-55(70)65(77)84-59(39-56(72)45(3)35-48(6)62(74)54(40-71)61(73)47(5)34-43)46(4)36-50-30-32-57(60(37-50)81-10)85-66(78)67(8)41-82-69(83-42-67,51-24-16-12-17-25-51)52-26-18-13-19-27-52/h11-19,22-27,35,43,45-47,49-50,53-55,57-60,62,71,74,79H,20-21,28-34,36-42H2,1-10H3/b15-11+,22-14+,44-23+,48-35+/t43-,45-,46-,47-,49-,50+,53+,54+,55+,57-,58+,59+,60-,62-,68-/m1/s1. The third-order valence-electron chi connectivity index (χ3n) is 18.8. The Bertz CT molecular complexity index is 2710. The van der Waals surface area contributed by atoms with Gasteiger partial charge in [0.05, 0.1) is 50.2 Å². The highest BCUT2D eigenvalue weighted by atomic mass is 16.7. The van der Waals surface area contributed by atoms with Gasteiger partial charge in [-0.05, 0) is 114 Å². The SMILES string of the molecule is CO[C@H]1C[C@@H]2CC[C@@H](C)[C@@](O)(O2)C(=O)C(=O)N2CCCC[C@H]2C(=O)O[C@H]([C@H](C)C[C@@H]2CC[C@@H](OC(=O)C3(C)COC(c4ccccc4)(c4ccccc4)OC3)[C@H](OC)C2)CC(=O)[C@H](C)/C=C(\C)[C@@H](O)[C@@H](CO)C(=O)[C@H](C)C[C@H](C)/C=C/C=C/C=C/1C. The van der Waals surface area contributed by atoms with E-state index in [2.05, 4.69) is 0 Å². The number of rotatable bonds is 10. The molecule has 0 radical (unpaired) electrons. The van der Waals surface area contributed by atoms with Crippen molar-refractivity contribution in [2.75, 3.05) is 40.6 Å². The number of ether oxygens (including phenoxy) is 7. The van der Waals surface area contributed by atoms with Crippen LogP contribution in [0.15, 0.2) is 108 Å². The van der Waals surface area contributed by atoms with Crippen molar-refractivity contribution in [2.45, 2.75) is 187 Å². The summed E-state index contributed by atoms with van der Waals surface area (Å²) < 4.78 is 43.9. The number of Topliss-reactive ketones (excluding diaryl/α,β-unsaturated/α-hetero) is 3. The van der Waals surface area contributed by atoms with Crippen molar-refractivity contribution >= 4 is 35.2 Å². The molecule has 86 heavy (non-hydrogen) atoms. The molecule has 4 heterocycles. The van der Waals surface area contributed by atoms with E-state index in [1.165, 1.54) is 4.90 Å². The molecule has 2 aromatic carbocycles. The van der Waals surface area contributed by atoms with E-state index >= 15 is 0 Å². The molecule has 3 N–H and O–H groups in total. The van der Waals surface area contributed by atoms with Crippen LogP contribution in [0.3, 0.4) is 0 Å². The zero-order valence-corrected chi connectivity index (χ0v) is 52.2. The minimum absolute atomic E-state index is 0.0263. The number of carbonyl (C=O) groups excluding carboxylic acids is 6. The minimum atomic E-state index is -2.48. The van der Waals surface area contributed by atoms with Gasteiger partial charge < -0.3 is 53.4 Å². The highest BCUT2D eigenvalue weighted by molar-refractivity contribution is 6.39. The second-order valence-corrected chi connectivity index (χ2v) is 25.6. The second-order valence-electron chi connectivity index (χ2n) is 25.6. The van der Waals surface area contributed by atoms with Crippen molar-refractivity contribution in [3.05, 3.63) is 119 Å². The molecular formula is C69H95NO16. The van der Waals surface area contributed by atoms with Crippen molar-refractivity contribution in [1.82, 2.24) is 4.90 Å². The van der Waals surface area contributed by atoms with E-state index in [1.54, 1.807) is 54.9 Å². The maximum absolute atomic E-state index is 14.8. The van der Waals surface area contributed by atoms with E-state index in [1.807, 2.05) is 112 Å². The number of hydrogen-bond acceptors (Lipinski definition) is 16. The lowest BCUT2D eigenvalue weighted by molar-refractivity contribution is -0.288. The van der Waals surface area contributed by atoms with Gasteiger partial charge in [0.15, 0.2) is 0 Å². The molecule has 1 aliphatic carbocycles. The van der Waals surface area contributed by atoms with E-state index in [0.29, 0.717) is 63.4 Å². The second kappa shape index (κ2) is 30.6. The number of ketones is 3. The summed E-state index contributed by atoms with van der Waals surface area (Å²) >= 11 is 0. The largest absolute Gasteiger partial charge is 0.460 e. The van der Waals surface area contributed by atoms with Gasteiger partial charge in [-0.1, -0.05) is 132 Å². The van der Waals surface area contributed by atoms with Gasteiger partial charge in [0, 0.05) is 62.5 Å². The molecule has 0 unspecified atom stereocenters. The normalized spacial score (nSPS) is 35.6. The van der Waals surface area contributed by atoms with Crippen molar-refractivity contribution in [2.24, 2.45) is 46.8 Å². The van der Waals surface area contributed by atoms with Crippen LogP contribution < -0.4 is 0 Å². The highest BCUT2D eigenvalue weighted by Gasteiger charge is 2.54. The molecule has 4 aliphatic heterocycles. The summed E-state index contributed by atoms with van der Waals surface area (Å²) in [6, 6.07) is 18.0. The number of nitrogens with zero attached hydrogens (tertiary/aromatic N) is 1. The Kier molecular flexibility index (Phi) is 24.2. The summed E-state index contributed by atoms with van der Waals surface area (Å²) in [5.74, 6) is -11.6. The first kappa shape index (κ1) is 68.0. The van der Waals surface area contributed by atoms with Crippen molar-refractivity contribution in [1.29, 1.82) is 0 Å². The van der Waals surface area contributed by atoms with Gasteiger partial charge in [0.1, 0.15) is 35.2 Å². The van der Waals surface area contributed by atoms with Crippen LogP contribution in [0.1, 0.15) is 144 Å². The molecule has 4 fully saturated rings. The monoisotopic (exact) mass is 1190 g/mol. The predicted octanol–water partition coefficient (Wildman–Crippen LogP) is 9.28. The van der Waals surface area contributed by atoms with E-state index in [4.69, 9.17) is 33.2 Å². The number of piperidine rings is 1. The quantitative estimate of drug-likeness (QED) is 0.114. The van der Waals surface area contributed by atoms with Crippen LogP contribution in [0.4, 0.5) is 0 Å². The van der Waals surface area contributed by atoms with Crippen molar-refractivity contribution < 1.29 is 77.2 Å². The zero-order valence-electron chi connectivity index (χ0n) is 52.2. The third-order valence-corrected chi connectivity index (χ3v) is 18.8. The molecule has 2 bridgehead atoms. The topological polar surface area (TPSA) is 231 Å². The number of fused-ring (bicyclic) bond motifs is 3. The lowest BCUT2D eigenvalue weighted by atomic mass is 9.78. The Labute approximate surface area is 508 Å². The van der Waals surface area contributed by atoms with Crippen LogP contribution in [0, 0.1) is 46.8 Å². The van der Waals surface area contributed by atoms with Crippen LogP contribution in [0.25, 0.3) is 0 Å². The number of carbonyl (C=O) groups is 6. The van der Waals surface area contributed by atoms with Crippen LogP contribution in [-0.2, 0) is 67.7 Å². The highest BCUT2D eigenvalue weighted by Crippen LogP contribution is 2.44. The number of aliphatic hydroxyl groups excluding tert-OH is 2. The molecule has 2 aromatic rings. The average Bonchev–Trinajstić information content (AvgIpc) is 0.886. The van der Waals surface area contributed by atoms with Crippen LogP contribution in [0.2, 0.25) is 0 Å². The number of hydrogen-bond donors (Lipinski definition) is 3. The molecule has 5 aliphatic rings. The summed E-state index contributed by atoms with van der Waals surface area (Å²) in [5, 5.41) is 34.2. The summed E-state index contributed by atoms with van der Waals surface area (Å²) in [6.07, 6.45) is 11.0. The number of allylic oxidation sites excluding steroid dienone is 6. The van der Waals surface area contributed by atoms with Crippen LogP contribution in [-0.4, -0.2) is 144 Å². The lowest BCUT2D eigenvalue weighted by Crippen LogP contribution is -2.61. The fourth-order valence-electron chi connectivity index (χ4n) is 13.2.